The van der Waals surface area contributed by atoms with Gasteiger partial charge in [0.1, 0.15) is 10.7 Å². The summed E-state index contributed by atoms with van der Waals surface area (Å²) in [5.41, 5.74) is 5.12. The van der Waals surface area contributed by atoms with Gasteiger partial charge in [0.05, 0.1) is 22.2 Å². The van der Waals surface area contributed by atoms with Crippen molar-refractivity contribution in [3.05, 3.63) is 60.2 Å². The summed E-state index contributed by atoms with van der Waals surface area (Å²) in [4.78, 5) is 7.33. The van der Waals surface area contributed by atoms with Gasteiger partial charge in [-0.15, -0.1) is 0 Å². The maximum absolute atomic E-state index is 11.5. The van der Waals surface area contributed by atoms with Crippen LogP contribution in [-0.4, -0.2) is 48.7 Å². The summed E-state index contributed by atoms with van der Waals surface area (Å²) >= 11 is 5.61. The van der Waals surface area contributed by atoms with E-state index in [4.69, 9.17) is 27.8 Å². The minimum Gasteiger partial charge on any atom is -0.355 e. The van der Waals surface area contributed by atoms with Gasteiger partial charge in [-0.1, -0.05) is 42.5 Å². The van der Waals surface area contributed by atoms with Crippen molar-refractivity contribution < 1.29 is 8.42 Å². The van der Waals surface area contributed by atoms with Crippen molar-refractivity contribution in [3.8, 4) is 0 Å². The molecular formula is C22H24N6O2S2. The minimum absolute atomic E-state index is 0.0196. The summed E-state index contributed by atoms with van der Waals surface area (Å²) in [7, 11) is -3.77. The summed E-state index contributed by atoms with van der Waals surface area (Å²) in [6, 6.07) is 15.6. The zero-order valence-electron chi connectivity index (χ0n) is 17.4. The number of likely N-dealkylation sites (tertiary alicyclic amines) is 1. The maximum atomic E-state index is 11.5. The van der Waals surface area contributed by atoms with Crippen LogP contribution in [0.2, 0.25) is 0 Å². The largest absolute Gasteiger partial charge is 0.355 e. The SMILES string of the molecule is N=C1/C(=N\Nc2ccc(S(N)(=O)=O)cc2)C(N2CCCCC2)=NC(=S)C1c1ccccc1. The molecule has 2 aromatic carbocycles. The number of hydrogen-bond donors (Lipinski definition) is 3. The lowest BCUT2D eigenvalue weighted by molar-refractivity contribution is 0.346. The lowest BCUT2D eigenvalue weighted by atomic mass is 9.88. The van der Waals surface area contributed by atoms with Gasteiger partial charge in [-0.25, -0.2) is 18.5 Å². The van der Waals surface area contributed by atoms with Gasteiger partial charge in [0.25, 0.3) is 0 Å². The number of nitrogens with zero attached hydrogens (tertiary/aromatic N) is 3. The minimum atomic E-state index is -3.77. The Balaban J connectivity index is 1.68. The molecule has 0 radical (unpaired) electrons. The zero-order valence-corrected chi connectivity index (χ0v) is 19.0. The third-order valence-corrected chi connectivity index (χ3v) is 6.74. The van der Waals surface area contributed by atoms with E-state index in [0.717, 1.165) is 31.5 Å². The molecule has 4 N–H and O–H groups in total. The van der Waals surface area contributed by atoms with Gasteiger partial charge in [0.15, 0.2) is 5.84 Å². The number of sulfonamides is 1. The predicted octanol–water partition coefficient (Wildman–Crippen LogP) is 3.13. The van der Waals surface area contributed by atoms with E-state index in [9.17, 15) is 8.42 Å². The summed E-state index contributed by atoms with van der Waals surface area (Å²) < 4.78 is 23.0. The van der Waals surface area contributed by atoms with Crippen molar-refractivity contribution in [2.24, 2.45) is 15.2 Å². The van der Waals surface area contributed by atoms with Crippen LogP contribution in [0.4, 0.5) is 5.69 Å². The number of primary sulfonamides is 1. The van der Waals surface area contributed by atoms with Gasteiger partial charge in [-0.3, -0.25) is 5.43 Å². The molecule has 2 aromatic rings. The molecule has 0 aromatic heterocycles. The lowest BCUT2D eigenvalue weighted by Gasteiger charge is -2.34. The smallest absolute Gasteiger partial charge is 0.238 e. The van der Waals surface area contributed by atoms with Gasteiger partial charge in [0, 0.05) is 13.1 Å². The second-order valence-corrected chi connectivity index (χ2v) is 9.70. The van der Waals surface area contributed by atoms with Crippen molar-refractivity contribution in [2.75, 3.05) is 18.5 Å². The summed E-state index contributed by atoms with van der Waals surface area (Å²) in [5.74, 6) is 0.158. The lowest BCUT2D eigenvalue weighted by Crippen LogP contribution is -2.48. The first-order valence-electron chi connectivity index (χ1n) is 10.3. The molecule has 1 unspecified atom stereocenters. The maximum Gasteiger partial charge on any atom is 0.238 e. The van der Waals surface area contributed by atoms with E-state index in [0.29, 0.717) is 22.2 Å². The Morgan fingerprint density at radius 2 is 1.72 bits per heavy atom. The third kappa shape index (κ3) is 4.77. The highest BCUT2D eigenvalue weighted by Gasteiger charge is 2.35. The highest BCUT2D eigenvalue weighted by atomic mass is 32.2. The molecule has 166 valence electrons. The Morgan fingerprint density at radius 3 is 2.34 bits per heavy atom. The number of hydrogen-bond acceptors (Lipinski definition) is 7. The first-order valence-corrected chi connectivity index (χ1v) is 12.3. The van der Waals surface area contributed by atoms with E-state index in [1.807, 2.05) is 30.3 Å². The Morgan fingerprint density at radius 1 is 1.06 bits per heavy atom. The van der Waals surface area contributed by atoms with Crippen LogP contribution in [0.1, 0.15) is 30.7 Å². The van der Waals surface area contributed by atoms with Gasteiger partial charge >= 0.3 is 0 Å². The molecular weight excluding hydrogens is 444 g/mol. The Kier molecular flexibility index (Phi) is 6.45. The molecule has 0 saturated carbocycles. The van der Waals surface area contributed by atoms with Crippen LogP contribution in [0.15, 0.2) is 69.6 Å². The van der Waals surface area contributed by atoms with E-state index in [2.05, 4.69) is 15.4 Å². The Bertz CT molecular complexity index is 1180. The van der Waals surface area contributed by atoms with Gasteiger partial charge in [-0.05, 0) is 49.1 Å². The van der Waals surface area contributed by atoms with Crippen LogP contribution < -0.4 is 10.6 Å². The normalized spacial score (nSPS) is 20.9. The van der Waals surface area contributed by atoms with E-state index in [1.54, 1.807) is 12.1 Å². The van der Waals surface area contributed by atoms with Crippen LogP contribution in [0.25, 0.3) is 0 Å². The van der Waals surface area contributed by atoms with Crippen LogP contribution in [0.3, 0.4) is 0 Å². The van der Waals surface area contributed by atoms with E-state index >= 15 is 0 Å². The fourth-order valence-corrected chi connectivity index (χ4v) is 4.69. The van der Waals surface area contributed by atoms with Crippen LogP contribution in [0.5, 0.6) is 0 Å². The molecule has 0 aliphatic carbocycles. The molecule has 1 atom stereocenters. The van der Waals surface area contributed by atoms with Crippen molar-refractivity contribution in [2.45, 2.75) is 30.1 Å². The molecule has 1 fully saturated rings. The molecule has 0 spiro atoms. The van der Waals surface area contributed by atoms with Crippen LogP contribution in [-0.2, 0) is 10.0 Å². The highest BCUT2D eigenvalue weighted by Crippen LogP contribution is 2.26. The van der Waals surface area contributed by atoms with Gasteiger partial charge in [0.2, 0.25) is 10.0 Å². The number of anilines is 1. The van der Waals surface area contributed by atoms with E-state index < -0.39 is 15.9 Å². The molecule has 4 rings (SSSR count). The molecule has 32 heavy (non-hydrogen) atoms. The number of piperidine rings is 1. The number of rotatable bonds is 4. The Hall–Kier alpha value is -2.95. The van der Waals surface area contributed by atoms with Crippen molar-refractivity contribution in [1.29, 1.82) is 5.41 Å². The summed E-state index contributed by atoms with van der Waals surface area (Å²) in [5, 5.41) is 18.6. The molecule has 10 heteroatoms. The number of aliphatic imine (C=N–C) groups is 1. The number of amidine groups is 1. The first-order chi connectivity index (χ1) is 15.3. The molecule has 0 amide bonds. The molecule has 0 bridgehead atoms. The number of thiocarbonyl (C=S) groups is 1. The van der Waals surface area contributed by atoms with Crippen molar-refractivity contribution in [1.82, 2.24) is 4.90 Å². The highest BCUT2D eigenvalue weighted by molar-refractivity contribution is 7.89. The average molecular weight is 469 g/mol. The van der Waals surface area contributed by atoms with Gasteiger partial charge in [-0.2, -0.15) is 5.10 Å². The second kappa shape index (κ2) is 9.27. The van der Waals surface area contributed by atoms with Crippen molar-refractivity contribution >= 4 is 50.2 Å². The number of benzene rings is 2. The topological polar surface area (TPSA) is 124 Å². The fraction of sp³-hybridized carbons (Fsp3) is 0.273. The predicted molar refractivity (Wildman–Crippen MR) is 131 cm³/mol. The summed E-state index contributed by atoms with van der Waals surface area (Å²) in [6.45, 7) is 1.68. The molecule has 8 nitrogen and oxygen atoms in total. The monoisotopic (exact) mass is 468 g/mol. The second-order valence-electron chi connectivity index (χ2n) is 7.72. The molecule has 2 aliphatic heterocycles. The third-order valence-electron chi connectivity index (χ3n) is 5.49. The number of hydrazone groups is 1. The summed E-state index contributed by atoms with van der Waals surface area (Å²) in [6.07, 6.45) is 3.27. The standard InChI is InChI=1S/C22H24N6O2S2/c23-19-18(15-7-3-1-4-8-15)22(31)25-21(28-13-5-2-6-14-28)20(19)27-26-16-9-11-17(12-10-16)32(24,29)30/h1,3-4,7-12,18,23,26H,2,5-6,13-14H2,(H2,24,29,30)/b23-19?,27-20+. The van der Waals surface area contributed by atoms with E-state index in [1.165, 1.54) is 18.6 Å². The zero-order chi connectivity index (χ0) is 22.7. The van der Waals surface area contributed by atoms with Crippen molar-refractivity contribution in [3.63, 3.8) is 0 Å². The van der Waals surface area contributed by atoms with Crippen LogP contribution in [0, 0.1) is 5.41 Å². The Labute approximate surface area is 192 Å². The molecule has 2 heterocycles. The average Bonchev–Trinajstić information content (AvgIpc) is 2.79. The quantitative estimate of drug-likeness (QED) is 0.470. The number of nitrogens with two attached hydrogens (primary N) is 1. The molecule has 2 aliphatic rings. The van der Waals surface area contributed by atoms with E-state index in [-0.39, 0.29) is 10.6 Å². The first kappa shape index (κ1) is 22.3. The molecule has 1 saturated heterocycles. The van der Waals surface area contributed by atoms with Crippen LogP contribution >= 0.6 is 12.2 Å². The number of nitrogens with one attached hydrogen (secondary N) is 2. The van der Waals surface area contributed by atoms with Gasteiger partial charge < -0.3 is 10.3 Å². The fourth-order valence-electron chi connectivity index (χ4n) is 3.83.